The minimum atomic E-state index is -3.56. The summed E-state index contributed by atoms with van der Waals surface area (Å²) < 4.78 is 33.9. The van der Waals surface area contributed by atoms with Gasteiger partial charge in [0.1, 0.15) is 11.6 Å². The molecular weight excluding hydrogens is 314 g/mol. The summed E-state index contributed by atoms with van der Waals surface area (Å²) in [5.41, 5.74) is 1.07. The second-order valence-corrected chi connectivity index (χ2v) is 7.52. The lowest BCUT2D eigenvalue weighted by molar-refractivity contribution is 0.306. The van der Waals surface area contributed by atoms with Gasteiger partial charge in [-0.05, 0) is 31.4 Å². The van der Waals surface area contributed by atoms with Crippen LogP contribution in [0, 0.1) is 6.92 Å². The summed E-state index contributed by atoms with van der Waals surface area (Å²) in [6.07, 6.45) is 4.79. The van der Waals surface area contributed by atoms with Crippen molar-refractivity contribution in [2.75, 3.05) is 20.2 Å². The highest BCUT2D eigenvalue weighted by atomic mass is 32.2. The van der Waals surface area contributed by atoms with Gasteiger partial charge in [-0.15, -0.1) is 0 Å². The van der Waals surface area contributed by atoms with Crippen LogP contribution in [0.3, 0.4) is 0 Å². The number of hydrogen-bond donors (Lipinski definition) is 0. The van der Waals surface area contributed by atoms with E-state index in [4.69, 9.17) is 4.74 Å². The van der Waals surface area contributed by atoms with Crippen LogP contribution in [0.25, 0.3) is 0 Å². The molecule has 1 aromatic carbocycles. The van der Waals surface area contributed by atoms with E-state index >= 15 is 0 Å². The highest BCUT2D eigenvalue weighted by Crippen LogP contribution is 2.34. The lowest BCUT2D eigenvalue weighted by Gasteiger charge is -2.32. The van der Waals surface area contributed by atoms with Gasteiger partial charge < -0.3 is 4.74 Å². The average molecular weight is 335 g/mol. The SMILES string of the molecule is COc1ccccc1C1CCCN(S(=O)(=O)n2ccnc2C)C1. The number of para-hydroxylation sites is 1. The number of rotatable bonds is 4. The third-order valence-electron chi connectivity index (χ3n) is 4.32. The number of aromatic nitrogens is 2. The van der Waals surface area contributed by atoms with Crippen molar-refractivity contribution < 1.29 is 13.2 Å². The van der Waals surface area contributed by atoms with Crippen LogP contribution >= 0.6 is 0 Å². The predicted molar refractivity (Wildman–Crippen MR) is 87.8 cm³/mol. The molecule has 1 unspecified atom stereocenters. The van der Waals surface area contributed by atoms with Crippen molar-refractivity contribution in [3.8, 4) is 5.75 Å². The Morgan fingerprint density at radius 3 is 2.78 bits per heavy atom. The molecule has 1 aliphatic heterocycles. The Kier molecular flexibility index (Phi) is 4.41. The zero-order chi connectivity index (χ0) is 16.4. The molecule has 23 heavy (non-hydrogen) atoms. The van der Waals surface area contributed by atoms with Gasteiger partial charge in [0, 0.05) is 31.4 Å². The Hall–Kier alpha value is -1.86. The van der Waals surface area contributed by atoms with Crippen molar-refractivity contribution in [2.24, 2.45) is 0 Å². The van der Waals surface area contributed by atoms with Crippen LogP contribution < -0.4 is 4.74 Å². The number of benzene rings is 1. The van der Waals surface area contributed by atoms with E-state index in [-0.39, 0.29) is 5.92 Å². The molecule has 1 fully saturated rings. The third kappa shape index (κ3) is 2.98. The number of hydrogen-bond acceptors (Lipinski definition) is 4. The smallest absolute Gasteiger partial charge is 0.308 e. The molecule has 1 atom stereocenters. The molecule has 0 radical (unpaired) electrons. The standard InChI is InChI=1S/C16H21N3O3S/c1-13-17-9-11-19(13)23(20,21)18-10-5-6-14(12-18)15-7-3-4-8-16(15)22-2/h3-4,7-9,11,14H,5-6,10,12H2,1-2H3. The molecule has 1 aromatic heterocycles. The molecule has 7 heteroatoms. The molecule has 0 N–H and O–H groups in total. The first-order chi connectivity index (χ1) is 11.0. The fourth-order valence-corrected chi connectivity index (χ4v) is 4.71. The summed E-state index contributed by atoms with van der Waals surface area (Å²) in [4.78, 5) is 4.02. The van der Waals surface area contributed by atoms with Gasteiger partial charge in [0.2, 0.25) is 0 Å². The normalized spacial score (nSPS) is 19.7. The minimum Gasteiger partial charge on any atom is -0.496 e. The fraction of sp³-hybridized carbons (Fsp3) is 0.438. The van der Waals surface area contributed by atoms with Crippen molar-refractivity contribution in [1.29, 1.82) is 0 Å². The van der Waals surface area contributed by atoms with Gasteiger partial charge in [0.05, 0.1) is 7.11 Å². The predicted octanol–water partition coefficient (Wildman–Crippen LogP) is 2.17. The molecule has 1 aliphatic rings. The van der Waals surface area contributed by atoms with Crippen molar-refractivity contribution in [2.45, 2.75) is 25.7 Å². The summed E-state index contributed by atoms with van der Waals surface area (Å²) in [5, 5.41) is 0. The van der Waals surface area contributed by atoms with Crippen LogP contribution in [0.1, 0.15) is 30.1 Å². The van der Waals surface area contributed by atoms with E-state index in [0.29, 0.717) is 18.9 Å². The number of methoxy groups -OCH3 is 1. The summed E-state index contributed by atoms with van der Waals surface area (Å²) in [5.74, 6) is 1.43. The summed E-state index contributed by atoms with van der Waals surface area (Å²) in [7, 11) is -1.92. The molecule has 6 nitrogen and oxygen atoms in total. The van der Waals surface area contributed by atoms with Gasteiger partial charge in [-0.3, -0.25) is 0 Å². The second-order valence-electron chi connectivity index (χ2n) is 5.72. The molecular formula is C16H21N3O3S. The average Bonchev–Trinajstić information content (AvgIpc) is 3.02. The van der Waals surface area contributed by atoms with Crippen LogP contribution in [0.4, 0.5) is 0 Å². The first-order valence-corrected chi connectivity index (χ1v) is 9.07. The van der Waals surface area contributed by atoms with Crippen molar-refractivity contribution in [3.05, 3.63) is 48.0 Å². The maximum atomic E-state index is 12.8. The zero-order valence-corrected chi connectivity index (χ0v) is 14.2. The minimum absolute atomic E-state index is 0.138. The van der Waals surface area contributed by atoms with Gasteiger partial charge in [0.15, 0.2) is 0 Å². The first kappa shape index (κ1) is 16.0. The van der Waals surface area contributed by atoms with Gasteiger partial charge in [-0.2, -0.15) is 12.7 Å². The van der Waals surface area contributed by atoms with Gasteiger partial charge in [-0.1, -0.05) is 18.2 Å². The van der Waals surface area contributed by atoms with Crippen LogP contribution in [0.15, 0.2) is 36.7 Å². The second kappa shape index (κ2) is 6.33. The Morgan fingerprint density at radius 1 is 1.30 bits per heavy atom. The molecule has 3 rings (SSSR count). The lowest BCUT2D eigenvalue weighted by Crippen LogP contribution is -2.42. The van der Waals surface area contributed by atoms with Gasteiger partial charge >= 0.3 is 10.2 Å². The highest BCUT2D eigenvalue weighted by molar-refractivity contribution is 7.87. The van der Waals surface area contributed by atoms with E-state index in [2.05, 4.69) is 4.98 Å². The molecule has 0 amide bonds. The van der Waals surface area contributed by atoms with E-state index in [1.165, 1.54) is 16.4 Å². The van der Waals surface area contributed by atoms with E-state index in [1.54, 1.807) is 18.3 Å². The molecule has 2 heterocycles. The van der Waals surface area contributed by atoms with Crippen LogP contribution in [-0.4, -0.2) is 41.9 Å². The quantitative estimate of drug-likeness (QED) is 0.859. The van der Waals surface area contributed by atoms with Crippen molar-refractivity contribution in [1.82, 2.24) is 13.3 Å². The van der Waals surface area contributed by atoms with Crippen molar-refractivity contribution >= 4 is 10.2 Å². The maximum Gasteiger partial charge on any atom is 0.308 e. The van der Waals surface area contributed by atoms with E-state index in [0.717, 1.165) is 24.2 Å². The molecule has 0 aliphatic carbocycles. The van der Waals surface area contributed by atoms with Crippen LogP contribution in [0.5, 0.6) is 5.75 Å². The van der Waals surface area contributed by atoms with Crippen molar-refractivity contribution in [3.63, 3.8) is 0 Å². The van der Waals surface area contributed by atoms with E-state index < -0.39 is 10.2 Å². The monoisotopic (exact) mass is 335 g/mol. The van der Waals surface area contributed by atoms with Gasteiger partial charge in [-0.25, -0.2) is 8.96 Å². The largest absolute Gasteiger partial charge is 0.496 e. The number of ether oxygens (including phenoxy) is 1. The Morgan fingerprint density at radius 2 is 2.09 bits per heavy atom. The Balaban J connectivity index is 1.88. The van der Waals surface area contributed by atoms with Crippen LogP contribution in [-0.2, 0) is 10.2 Å². The lowest BCUT2D eigenvalue weighted by atomic mass is 9.91. The molecule has 0 saturated carbocycles. The summed E-state index contributed by atoms with van der Waals surface area (Å²) in [6, 6.07) is 7.82. The Labute approximate surface area is 136 Å². The summed E-state index contributed by atoms with van der Waals surface area (Å²) in [6.45, 7) is 2.69. The van der Waals surface area contributed by atoms with Crippen LogP contribution in [0.2, 0.25) is 0 Å². The topological polar surface area (TPSA) is 64.4 Å². The third-order valence-corrected chi connectivity index (χ3v) is 6.19. The molecule has 0 spiro atoms. The molecule has 0 bridgehead atoms. The number of aryl methyl sites for hydroxylation is 1. The summed E-state index contributed by atoms with van der Waals surface area (Å²) >= 11 is 0. The highest BCUT2D eigenvalue weighted by Gasteiger charge is 2.32. The zero-order valence-electron chi connectivity index (χ0n) is 13.3. The Bertz CT molecular complexity index is 785. The van der Waals surface area contributed by atoms with E-state index in [9.17, 15) is 8.42 Å². The molecule has 1 saturated heterocycles. The number of nitrogens with zero attached hydrogens (tertiary/aromatic N) is 3. The molecule has 124 valence electrons. The number of piperidine rings is 1. The fourth-order valence-electron chi connectivity index (χ4n) is 3.14. The van der Waals surface area contributed by atoms with Gasteiger partial charge in [0.25, 0.3) is 0 Å². The number of imidazole rings is 1. The first-order valence-electron chi connectivity index (χ1n) is 7.67. The van der Waals surface area contributed by atoms with E-state index in [1.807, 2.05) is 24.3 Å². The maximum absolute atomic E-state index is 12.8. The molecule has 2 aromatic rings.